The van der Waals surface area contributed by atoms with E-state index in [9.17, 15) is 19.1 Å². The van der Waals surface area contributed by atoms with E-state index >= 15 is 0 Å². The van der Waals surface area contributed by atoms with Gasteiger partial charge in [0.1, 0.15) is 22.5 Å². The van der Waals surface area contributed by atoms with Gasteiger partial charge < -0.3 is 10.4 Å². The van der Waals surface area contributed by atoms with Gasteiger partial charge in [0.05, 0.1) is 29.2 Å². The van der Waals surface area contributed by atoms with E-state index in [1.807, 2.05) is 0 Å². The fourth-order valence-corrected chi connectivity index (χ4v) is 3.49. The molecule has 3 heterocycles. The van der Waals surface area contributed by atoms with Crippen molar-refractivity contribution >= 4 is 22.9 Å². The zero-order valence-electron chi connectivity index (χ0n) is 17.3. The largest absolute Gasteiger partial charge is 0.478 e. The molecule has 0 bridgehead atoms. The van der Waals surface area contributed by atoms with Gasteiger partial charge in [-0.25, -0.2) is 13.9 Å². The van der Waals surface area contributed by atoms with Crippen LogP contribution in [0.5, 0.6) is 0 Å². The molecule has 2 aromatic carbocycles. The number of rotatable bonds is 6. The Balaban J connectivity index is 1.40. The number of aromatic amines is 1. The lowest BCUT2D eigenvalue weighted by Gasteiger charge is -2.09. The van der Waals surface area contributed by atoms with Crippen LogP contribution in [0, 0.1) is 5.82 Å². The van der Waals surface area contributed by atoms with E-state index in [-0.39, 0.29) is 23.4 Å². The number of carboxylic acid groups (broad SMARTS) is 1. The molecule has 5 aromatic rings. The second kappa shape index (κ2) is 8.50. The van der Waals surface area contributed by atoms with Gasteiger partial charge in [0.2, 0.25) is 0 Å². The summed E-state index contributed by atoms with van der Waals surface area (Å²) in [6.07, 6.45) is 4.34. The van der Waals surface area contributed by atoms with Crippen molar-refractivity contribution in [3.63, 3.8) is 0 Å². The van der Waals surface area contributed by atoms with Crippen molar-refractivity contribution in [1.82, 2.24) is 40.7 Å². The Morgan fingerprint density at radius 3 is 2.71 bits per heavy atom. The van der Waals surface area contributed by atoms with Crippen molar-refractivity contribution in [3.8, 4) is 16.9 Å². The summed E-state index contributed by atoms with van der Waals surface area (Å²) in [5.41, 5.74) is 2.67. The number of fused-ring (bicyclic) bond motifs is 1. The second-order valence-electron chi connectivity index (χ2n) is 7.23. The van der Waals surface area contributed by atoms with E-state index in [0.717, 1.165) is 6.07 Å². The molecule has 0 atom stereocenters. The fourth-order valence-electron chi connectivity index (χ4n) is 3.49. The number of aromatic nitrogens is 7. The molecule has 5 rings (SSSR count). The number of nitrogens with one attached hydrogen (secondary N) is 2. The number of halogens is 1. The van der Waals surface area contributed by atoms with Crippen molar-refractivity contribution in [2.75, 3.05) is 0 Å². The van der Waals surface area contributed by atoms with Crippen molar-refractivity contribution in [2.45, 2.75) is 6.54 Å². The van der Waals surface area contributed by atoms with E-state index in [0.29, 0.717) is 27.9 Å². The number of carboxylic acids is 1. The second-order valence-corrected chi connectivity index (χ2v) is 7.23. The maximum absolute atomic E-state index is 14.4. The molecule has 0 saturated carbocycles. The molecule has 0 saturated heterocycles. The zero-order chi connectivity index (χ0) is 23.7. The quantitative estimate of drug-likeness (QED) is 0.351. The first kappa shape index (κ1) is 20.9. The van der Waals surface area contributed by atoms with Gasteiger partial charge in [-0.3, -0.25) is 9.78 Å². The van der Waals surface area contributed by atoms with Crippen molar-refractivity contribution < 1.29 is 19.1 Å². The van der Waals surface area contributed by atoms with Crippen LogP contribution in [-0.2, 0) is 6.54 Å². The fraction of sp³-hybridized carbons (Fsp3) is 0.0455. The molecule has 3 aromatic heterocycles. The number of pyridine rings is 1. The minimum atomic E-state index is -1.12. The first-order valence-electron chi connectivity index (χ1n) is 9.98. The summed E-state index contributed by atoms with van der Waals surface area (Å²) in [5.74, 6) is -2.43. The van der Waals surface area contributed by atoms with Crippen LogP contribution >= 0.6 is 0 Å². The summed E-state index contributed by atoms with van der Waals surface area (Å²) < 4.78 is 15.7. The molecule has 0 aliphatic rings. The number of aromatic carboxylic acids is 1. The van der Waals surface area contributed by atoms with Crippen LogP contribution in [0.15, 0.2) is 61.1 Å². The number of carbonyl (C=O) groups is 2. The summed E-state index contributed by atoms with van der Waals surface area (Å²) in [7, 11) is 0. The van der Waals surface area contributed by atoms with Crippen molar-refractivity contribution in [3.05, 3.63) is 83.6 Å². The van der Waals surface area contributed by atoms with Gasteiger partial charge >= 0.3 is 5.97 Å². The molecular weight excluding hydrogens is 443 g/mol. The third kappa shape index (κ3) is 3.83. The molecule has 1 amide bonds. The lowest BCUT2D eigenvalue weighted by atomic mass is 10.0. The number of hydrogen-bond acceptors (Lipinski definition) is 7. The third-order valence-corrected chi connectivity index (χ3v) is 5.15. The van der Waals surface area contributed by atoms with E-state index < -0.39 is 17.7 Å². The number of nitrogens with zero attached hydrogens (tertiary/aromatic N) is 6. The lowest BCUT2D eigenvalue weighted by molar-refractivity contribution is 0.0696. The minimum Gasteiger partial charge on any atom is -0.478 e. The van der Waals surface area contributed by atoms with Crippen LogP contribution in [0.2, 0.25) is 0 Å². The predicted molar refractivity (Wildman–Crippen MR) is 117 cm³/mol. The molecule has 12 heteroatoms. The third-order valence-electron chi connectivity index (χ3n) is 5.15. The molecule has 0 unspecified atom stereocenters. The van der Waals surface area contributed by atoms with E-state index in [4.69, 9.17) is 0 Å². The molecule has 34 heavy (non-hydrogen) atoms. The summed E-state index contributed by atoms with van der Waals surface area (Å²) >= 11 is 0. The molecule has 0 radical (unpaired) electrons. The highest BCUT2D eigenvalue weighted by Gasteiger charge is 2.17. The molecule has 0 spiro atoms. The highest BCUT2D eigenvalue weighted by Crippen LogP contribution is 2.23. The van der Waals surface area contributed by atoms with Crippen LogP contribution in [0.3, 0.4) is 0 Å². The highest BCUT2D eigenvalue weighted by molar-refractivity contribution is 5.97. The van der Waals surface area contributed by atoms with Gasteiger partial charge in [0, 0.05) is 24.4 Å². The first-order chi connectivity index (χ1) is 16.5. The molecule has 0 fully saturated rings. The SMILES string of the molecule is O=C(NCc1ccccc1-c1cn(-c2cnccc2C(=O)O)nn1)c1cc2n[nH]nc2cc1F. The number of carbonyl (C=O) groups excluding carboxylic acids is 1. The Hall–Kier alpha value is -5.00. The van der Waals surface area contributed by atoms with Gasteiger partial charge in [-0.15, -0.1) is 5.10 Å². The topological polar surface area (TPSA) is 152 Å². The van der Waals surface area contributed by atoms with Crippen molar-refractivity contribution in [2.24, 2.45) is 0 Å². The Morgan fingerprint density at radius 2 is 1.88 bits per heavy atom. The summed E-state index contributed by atoms with van der Waals surface area (Å²) in [6.45, 7) is 0.0887. The molecule has 3 N–H and O–H groups in total. The van der Waals surface area contributed by atoms with E-state index in [1.165, 1.54) is 29.2 Å². The zero-order valence-corrected chi connectivity index (χ0v) is 17.3. The lowest BCUT2D eigenvalue weighted by Crippen LogP contribution is -2.24. The van der Waals surface area contributed by atoms with Crippen LogP contribution in [0.1, 0.15) is 26.3 Å². The molecule has 168 valence electrons. The Kier molecular flexibility index (Phi) is 5.22. The first-order valence-corrected chi connectivity index (χ1v) is 9.98. The number of amides is 1. The van der Waals surface area contributed by atoms with Gasteiger partial charge in [-0.2, -0.15) is 15.4 Å². The Bertz CT molecular complexity index is 1540. The highest BCUT2D eigenvalue weighted by atomic mass is 19.1. The molecule has 0 aliphatic heterocycles. The normalized spacial score (nSPS) is 11.0. The van der Waals surface area contributed by atoms with Gasteiger partial charge in [0.15, 0.2) is 0 Å². The predicted octanol–water partition coefficient (Wildman–Crippen LogP) is 2.37. The average Bonchev–Trinajstić information content (AvgIpc) is 3.51. The smallest absolute Gasteiger partial charge is 0.338 e. The van der Waals surface area contributed by atoms with Crippen LogP contribution in [0.4, 0.5) is 4.39 Å². The minimum absolute atomic E-state index is 0.0260. The van der Waals surface area contributed by atoms with Gasteiger partial charge in [-0.1, -0.05) is 29.5 Å². The summed E-state index contributed by atoms with van der Waals surface area (Å²) in [6, 6.07) is 11.0. The maximum atomic E-state index is 14.4. The standard InChI is InChI=1S/C22H15FN8O3/c23-16-8-18-17(26-29-27-18)7-15(16)21(32)25-9-12-3-1-2-4-13(12)19-11-31(30-28-19)20-10-24-6-5-14(20)22(33)34/h1-8,10-11H,9H2,(H,25,32)(H,33,34)(H,26,27,29). The average molecular weight is 458 g/mol. The van der Waals surface area contributed by atoms with E-state index in [2.05, 4.69) is 36.0 Å². The van der Waals surface area contributed by atoms with Crippen molar-refractivity contribution in [1.29, 1.82) is 0 Å². The van der Waals surface area contributed by atoms with Crippen LogP contribution in [-0.4, -0.2) is 52.4 Å². The number of H-pyrrole nitrogens is 1. The van der Waals surface area contributed by atoms with E-state index in [1.54, 1.807) is 30.5 Å². The molecule has 11 nitrogen and oxygen atoms in total. The van der Waals surface area contributed by atoms with Crippen LogP contribution < -0.4 is 5.32 Å². The van der Waals surface area contributed by atoms with Gasteiger partial charge in [-0.05, 0) is 17.7 Å². The Morgan fingerprint density at radius 1 is 1.09 bits per heavy atom. The maximum Gasteiger partial charge on any atom is 0.338 e. The Labute approximate surface area is 190 Å². The number of hydrogen-bond donors (Lipinski definition) is 3. The monoisotopic (exact) mass is 458 g/mol. The molecule has 0 aliphatic carbocycles. The van der Waals surface area contributed by atoms with Gasteiger partial charge in [0.25, 0.3) is 5.91 Å². The van der Waals surface area contributed by atoms with Crippen LogP contribution in [0.25, 0.3) is 28.0 Å². The summed E-state index contributed by atoms with van der Waals surface area (Å²) in [5, 5.41) is 30.4. The number of benzene rings is 2. The summed E-state index contributed by atoms with van der Waals surface area (Å²) in [4.78, 5) is 28.1. The molecular formula is C22H15FN8O3.